The van der Waals surface area contributed by atoms with Gasteiger partial charge in [0.2, 0.25) is 0 Å². The van der Waals surface area contributed by atoms with Crippen LogP contribution in [0.25, 0.3) is 0 Å². The first-order valence-corrected chi connectivity index (χ1v) is 11.5. The number of hydrogen-bond acceptors (Lipinski definition) is 6. The number of esters is 1. The molecule has 1 aromatic carbocycles. The van der Waals surface area contributed by atoms with Crippen LogP contribution in [0.4, 0.5) is 0 Å². The highest BCUT2D eigenvalue weighted by Gasteiger charge is 2.44. The fourth-order valence-corrected chi connectivity index (χ4v) is 6.30. The van der Waals surface area contributed by atoms with Gasteiger partial charge in [0.1, 0.15) is 18.5 Å². The van der Waals surface area contributed by atoms with E-state index in [4.69, 9.17) is 9.47 Å². The zero-order chi connectivity index (χ0) is 20.6. The van der Waals surface area contributed by atoms with E-state index < -0.39 is 6.10 Å². The summed E-state index contributed by atoms with van der Waals surface area (Å²) in [4.78, 5) is 11.3. The van der Waals surface area contributed by atoms with Crippen molar-refractivity contribution in [2.75, 3.05) is 13.7 Å². The lowest BCUT2D eigenvalue weighted by molar-refractivity contribution is -0.140. The summed E-state index contributed by atoms with van der Waals surface area (Å²) in [7, 11) is 1.43. The van der Waals surface area contributed by atoms with Gasteiger partial charge in [-0.2, -0.15) is 11.8 Å². The Bertz CT molecular complexity index is 664. The first-order valence-electron chi connectivity index (χ1n) is 10.5. The van der Waals surface area contributed by atoms with E-state index in [9.17, 15) is 15.0 Å². The minimum absolute atomic E-state index is 0.0925. The van der Waals surface area contributed by atoms with Crippen molar-refractivity contribution in [3.05, 3.63) is 42.5 Å². The van der Waals surface area contributed by atoms with Gasteiger partial charge in [0.25, 0.3) is 0 Å². The highest BCUT2D eigenvalue weighted by molar-refractivity contribution is 8.00. The number of carbonyl (C=O) groups is 1. The fourth-order valence-electron chi connectivity index (χ4n) is 4.40. The summed E-state index contributed by atoms with van der Waals surface area (Å²) in [5.41, 5.74) is 0. The van der Waals surface area contributed by atoms with E-state index >= 15 is 0 Å². The van der Waals surface area contributed by atoms with Crippen LogP contribution < -0.4 is 4.74 Å². The van der Waals surface area contributed by atoms with Crippen molar-refractivity contribution >= 4 is 17.7 Å². The third kappa shape index (κ3) is 6.49. The number of benzene rings is 1. The predicted octanol–water partition coefficient (Wildman–Crippen LogP) is 3.59. The fraction of sp³-hybridized carbons (Fsp3) is 0.609. The van der Waals surface area contributed by atoms with Gasteiger partial charge in [-0.1, -0.05) is 30.4 Å². The maximum atomic E-state index is 11.3. The molecule has 2 N–H and O–H groups in total. The predicted molar refractivity (Wildman–Crippen MR) is 115 cm³/mol. The number of methoxy groups -OCH3 is 1. The lowest BCUT2D eigenvalue weighted by atomic mass is 9.88. The number of aliphatic hydroxyl groups is 2. The van der Waals surface area contributed by atoms with Crippen LogP contribution in [0.2, 0.25) is 0 Å². The van der Waals surface area contributed by atoms with Crippen LogP contribution in [0.3, 0.4) is 0 Å². The van der Waals surface area contributed by atoms with E-state index in [0.717, 1.165) is 37.9 Å². The third-order valence-electron chi connectivity index (χ3n) is 5.93. The standard InChI is InChI=1S/C23H32O5S/c1-27-23(26)9-5-8-18-11-13-20-19(21(25)14-22(20)29-18)12-10-16(24)15-28-17-6-3-2-4-7-17/h2-4,6-7,10,12,16,18-22,24-25H,5,8-9,11,13-15H2,1H3/b12-10+/t16-,18-,19-,20-,21-,22+/m1/s1. The van der Waals surface area contributed by atoms with E-state index in [1.807, 2.05) is 48.2 Å². The van der Waals surface area contributed by atoms with Gasteiger partial charge >= 0.3 is 5.97 Å². The Labute approximate surface area is 177 Å². The molecule has 29 heavy (non-hydrogen) atoms. The Morgan fingerprint density at radius 3 is 2.86 bits per heavy atom. The number of hydrogen-bond donors (Lipinski definition) is 2. The van der Waals surface area contributed by atoms with Crippen molar-refractivity contribution in [2.45, 2.75) is 61.2 Å². The second-order valence-electron chi connectivity index (χ2n) is 7.96. The van der Waals surface area contributed by atoms with Gasteiger partial charge in [-0.05, 0) is 50.2 Å². The molecule has 1 saturated heterocycles. The number of rotatable bonds is 9. The summed E-state index contributed by atoms with van der Waals surface area (Å²) in [6, 6.07) is 9.45. The molecule has 1 heterocycles. The number of ether oxygens (including phenoxy) is 2. The van der Waals surface area contributed by atoms with Gasteiger partial charge in [-0.3, -0.25) is 4.79 Å². The first-order chi connectivity index (χ1) is 14.1. The quantitative estimate of drug-likeness (QED) is 0.470. The topological polar surface area (TPSA) is 76.0 Å². The molecular formula is C23H32O5S. The second-order valence-corrected chi connectivity index (χ2v) is 9.51. The Hall–Kier alpha value is -1.50. The van der Waals surface area contributed by atoms with Crippen molar-refractivity contribution in [3.8, 4) is 5.75 Å². The monoisotopic (exact) mass is 420 g/mol. The molecule has 5 nitrogen and oxygen atoms in total. The van der Waals surface area contributed by atoms with Crippen molar-refractivity contribution in [1.82, 2.24) is 0 Å². The van der Waals surface area contributed by atoms with Gasteiger partial charge in [-0.25, -0.2) is 0 Å². The van der Waals surface area contributed by atoms with E-state index in [1.54, 1.807) is 6.08 Å². The molecule has 160 valence electrons. The summed E-state index contributed by atoms with van der Waals surface area (Å²) >= 11 is 1.98. The Balaban J connectivity index is 1.44. The molecule has 6 heteroatoms. The summed E-state index contributed by atoms with van der Waals surface area (Å²) in [6.07, 6.45) is 8.09. The van der Waals surface area contributed by atoms with Crippen LogP contribution >= 0.6 is 11.8 Å². The van der Waals surface area contributed by atoms with Crippen LogP contribution in [0.5, 0.6) is 5.75 Å². The Morgan fingerprint density at radius 2 is 2.10 bits per heavy atom. The summed E-state index contributed by atoms with van der Waals surface area (Å²) < 4.78 is 10.3. The van der Waals surface area contributed by atoms with Gasteiger partial charge in [0, 0.05) is 22.8 Å². The Kier molecular flexibility index (Phi) is 8.45. The van der Waals surface area contributed by atoms with Crippen molar-refractivity contribution in [3.63, 3.8) is 0 Å². The van der Waals surface area contributed by atoms with Crippen LogP contribution in [0.1, 0.15) is 38.5 Å². The second kappa shape index (κ2) is 11.0. The number of carbonyl (C=O) groups excluding carboxylic acids is 1. The Morgan fingerprint density at radius 1 is 1.31 bits per heavy atom. The smallest absolute Gasteiger partial charge is 0.305 e. The van der Waals surface area contributed by atoms with Crippen molar-refractivity contribution in [1.29, 1.82) is 0 Å². The third-order valence-corrected chi connectivity index (χ3v) is 7.68. The number of fused-ring (bicyclic) bond motifs is 1. The van der Waals surface area contributed by atoms with Crippen LogP contribution in [-0.2, 0) is 9.53 Å². The highest BCUT2D eigenvalue weighted by Crippen LogP contribution is 2.49. The lowest BCUT2D eigenvalue weighted by Gasteiger charge is -2.33. The molecule has 0 bridgehead atoms. The maximum Gasteiger partial charge on any atom is 0.305 e. The molecule has 2 fully saturated rings. The number of para-hydroxylation sites is 1. The minimum atomic E-state index is -0.691. The first kappa shape index (κ1) is 22.2. The highest BCUT2D eigenvalue weighted by atomic mass is 32.2. The zero-order valence-corrected chi connectivity index (χ0v) is 17.8. The number of thioether (sulfide) groups is 1. The largest absolute Gasteiger partial charge is 0.491 e. The van der Waals surface area contributed by atoms with E-state index in [-0.39, 0.29) is 24.6 Å². The SMILES string of the molecule is COC(=O)CCC[C@@H]1CC[C@@H]2[C@@H](/C=C/[C@@H](O)COc3ccccc3)[C@H](O)C[C@@H]2S1. The normalized spacial score (nSPS) is 30.1. The minimum Gasteiger partial charge on any atom is -0.491 e. The molecule has 0 amide bonds. The molecule has 1 aliphatic carbocycles. The van der Waals surface area contributed by atoms with Gasteiger partial charge < -0.3 is 19.7 Å². The van der Waals surface area contributed by atoms with Gasteiger partial charge in [0.05, 0.1) is 13.2 Å². The lowest BCUT2D eigenvalue weighted by Crippen LogP contribution is -2.27. The molecule has 0 aromatic heterocycles. The molecule has 0 radical (unpaired) electrons. The molecule has 0 unspecified atom stereocenters. The molecule has 1 aliphatic heterocycles. The van der Waals surface area contributed by atoms with Crippen LogP contribution in [0, 0.1) is 11.8 Å². The van der Waals surface area contributed by atoms with Gasteiger partial charge in [0.15, 0.2) is 0 Å². The number of aliphatic hydroxyl groups excluding tert-OH is 2. The molecule has 2 aliphatic rings. The molecule has 6 atom stereocenters. The average Bonchev–Trinajstić information content (AvgIpc) is 3.05. The average molecular weight is 421 g/mol. The summed E-state index contributed by atoms with van der Waals surface area (Å²) in [5.74, 6) is 1.14. The van der Waals surface area contributed by atoms with E-state index in [1.165, 1.54) is 7.11 Å². The molecule has 0 spiro atoms. The molecule has 1 saturated carbocycles. The van der Waals surface area contributed by atoms with E-state index in [2.05, 4.69) is 0 Å². The van der Waals surface area contributed by atoms with E-state index in [0.29, 0.717) is 22.8 Å². The van der Waals surface area contributed by atoms with Crippen LogP contribution in [-0.4, -0.2) is 52.6 Å². The van der Waals surface area contributed by atoms with Crippen LogP contribution in [0.15, 0.2) is 42.5 Å². The van der Waals surface area contributed by atoms with Crippen molar-refractivity contribution in [2.24, 2.45) is 11.8 Å². The summed E-state index contributed by atoms with van der Waals surface area (Å²) in [5, 5.41) is 21.8. The maximum absolute atomic E-state index is 11.3. The zero-order valence-electron chi connectivity index (χ0n) is 17.0. The molecule has 1 aromatic rings. The van der Waals surface area contributed by atoms with Crippen molar-refractivity contribution < 1.29 is 24.5 Å². The molecular weight excluding hydrogens is 388 g/mol. The summed E-state index contributed by atoms with van der Waals surface area (Å²) in [6.45, 7) is 0.203. The molecule has 3 rings (SSSR count). The van der Waals surface area contributed by atoms with Gasteiger partial charge in [-0.15, -0.1) is 0 Å².